The summed E-state index contributed by atoms with van der Waals surface area (Å²) in [5, 5.41) is 4.15. The number of benzene rings is 1. The van der Waals surface area contributed by atoms with Crippen LogP contribution < -0.4 is 5.32 Å². The van der Waals surface area contributed by atoms with Gasteiger partial charge in [-0.15, -0.1) is 11.3 Å². The van der Waals surface area contributed by atoms with Gasteiger partial charge >= 0.3 is 0 Å². The number of aryl methyl sites for hydroxylation is 2. The number of thiol groups is 1. The summed E-state index contributed by atoms with van der Waals surface area (Å²) < 4.78 is 1.78. The van der Waals surface area contributed by atoms with Crippen LogP contribution in [0.2, 0.25) is 0 Å². The molecule has 1 aliphatic carbocycles. The molecule has 0 saturated carbocycles. The Labute approximate surface area is 178 Å². The van der Waals surface area contributed by atoms with Crippen molar-refractivity contribution >= 4 is 40.6 Å². The smallest absolute Gasteiger partial charge is 0.256 e. The number of carbonyl (C=O) groups is 1. The second-order valence-electron chi connectivity index (χ2n) is 8.76. The SMILES string of the molecule is C=C(C)c1c(NC(=O)c2cc(C)ccc2CN(C)S)sc2c1CC(C)(C)CC2. The van der Waals surface area contributed by atoms with Gasteiger partial charge in [0.1, 0.15) is 5.00 Å². The molecule has 3 nitrogen and oxygen atoms in total. The zero-order chi connectivity index (χ0) is 20.6. The topological polar surface area (TPSA) is 32.3 Å². The highest BCUT2D eigenvalue weighted by Crippen LogP contribution is 2.46. The molecule has 150 valence electrons. The van der Waals surface area contributed by atoms with Crippen LogP contribution in [0.3, 0.4) is 0 Å². The van der Waals surface area contributed by atoms with E-state index in [4.69, 9.17) is 0 Å². The summed E-state index contributed by atoms with van der Waals surface area (Å²) in [5.41, 5.74) is 6.58. The Kier molecular flexibility index (Phi) is 6.08. The van der Waals surface area contributed by atoms with E-state index in [1.807, 2.05) is 39.1 Å². The third-order valence-electron chi connectivity index (χ3n) is 5.34. The molecule has 0 fully saturated rings. The van der Waals surface area contributed by atoms with Crippen molar-refractivity contribution in [3.05, 3.63) is 57.5 Å². The number of hydrogen-bond donors (Lipinski definition) is 2. The minimum atomic E-state index is -0.0609. The number of anilines is 1. The Morgan fingerprint density at radius 1 is 1.39 bits per heavy atom. The maximum atomic E-state index is 13.2. The van der Waals surface area contributed by atoms with Crippen LogP contribution in [0.1, 0.15) is 64.7 Å². The lowest BCUT2D eigenvalue weighted by Gasteiger charge is -2.30. The van der Waals surface area contributed by atoms with E-state index in [0.29, 0.717) is 17.5 Å². The van der Waals surface area contributed by atoms with Crippen LogP contribution in [0, 0.1) is 12.3 Å². The van der Waals surface area contributed by atoms with E-state index in [0.717, 1.165) is 40.1 Å². The van der Waals surface area contributed by atoms with Crippen molar-refractivity contribution in [2.45, 2.75) is 53.5 Å². The molecule has 1 aromatic heterocycles. The molecule has 1 N–H and O–H groups in total. The fourth-order valence-electron chi connectivity index (χ4n) is 3.92. The molecule has 1 heterocycles. The molecule has 3 rings (SSSR count). The van der Waals surface area contributed by atoms with Crippen molar-refractivity contribution in [2.75, 3.05) is 12.4 Å². The van der Waals surface area contributed by atoms with Gasteiger partial charge in [0, 0.05) is 22.5 Å². The standard InChI is InChI=1S/C23H30N2OS2/c1-14(2)20-18-12-23(4,5)10-9-19(18)28-22(20)24-21(26)17-11-15(3)7-8-16(17)13-25(6)27/h7-8,11,27H,1,9-10,12-13H2,2-6H3,(H,24,26). The lowest BCUT2D eigenvalue weighted by molar-refractivity contribution is 0.102. The number of hydrogen-bond acceptors (Lipinski definition) is 4. The first-order valence-electron chi connectivity index (χ1n) is 9.69. The minimum absolute atomic E-state index is 0.0609. The second-order valence-corrected chi connectivity index (χ2v) is 10.5. The van der Waals surface area contributed by atoms with Crippen LogP contribution in [0.25, 0.3) is 5.57 Å². The predicted octanol–water partition coefficient (Wildman–Crippen LogP) is 6.13. The van der Waals surface area contributed by atoms with Gasteiger partial charge in [-0.2, -0.15) is 0 Å². The zero-order valence-corrected chi connectivity index (χ0v) is 19.2. The average Bonchev–Trinajstić information content (AvgIpc) is 2.91. The van der Waals surface area contributed by atoms with Gasteiger partial charge in [-0.1, -0.05) is 50.9 Å². The van der Waals surface area contributed by atoms with E-state index in [-0.39, 0.29) is 5.91 Å². The average molecular weight is 415 g/mol. The van der Waals surface area contributed by atoms with Gasteiger partial charge in [-0.25, -0.2) is 0 Å². The Balaban J connectivity index is 1.97. The van der Waals surface area contributed by atoms with E-state index in [1.165, 1.54) is 16.9 Å². The number of thiophene rings is 1. The molecule has 1 amide bonds. The third-order valence-corrected chi connectivity index (χ3v) is 6.69. The van der Waals surface area contributed by atoms with Crippen LogP contribution >= 0.6 is 24.2 Å². The molecule has 0 unspecified atom stereocenters. The van der Waals surface area contributed by atoms with Gasteiger partial charge in [0.25, 0.3) is 5.91 Å². The van der Waals surface area contributed by atoms with Crippen molar-refractivity contribution in [1.82, 2.24) is 4.31 Å². The molecule has 0 bridgehead atoms. The molecule has 0 spiro atoms. The molecule has 0 aliphatic heterocycles. The highest BCUT2D eigenvalue weighted by atomic mass is 32.1. The van der Waals surface area contributed by atoms with Gasteiger partial charge < -0.3 is 5.32 Å². The number of carbonyl (C=O) groups excluding carboxylic acids is 1. The van der Waals surface area contributed by atoms with E-state index in [1.54, 1.807) is 15.6 Å². The van der Waals surface area contributed by atoms with Gasteiger partial charge in [0.2, 0.25) is 0 Å². The van der Waals surface area contributed by atoms with Crippen molar-refractivity contribution in [3.8, 4) is 0 Å². The van der Waals surface area contributed by atoms with Gasteiger partial charge in [-0.3, -0.25) is 9.10 Å². The van der Waals surface area contributed by atoms with Gasteiger partial charge in [0.15, 0.2) is 0 Å². The number of fused-ring (bicyclic) bond motifs is 1. The summed E-state index contributed by atoms with van der Waals surface area (Å²) in [4.78, 5) is 14.6. The van der Waals surface area contributed by atoms with E-state index >= 15 is 0 Å². The number of nitrogens with one attached hydrogen (secondary N) is 1. The van der Waals surface area contributed by atoms with Crippen molar-refractivity contribution in [3.63, 3.8) is 0 Å². The predicted molar refractivity (Wildman–Crippen MR) is 124 cm³/mol. The van der Waals surface area contributed by atoms with E-state index in [2.05, 4.69) is 38.6 Å². The van der Waals surface area contributed by atoms with Crippen molar-refractivity contribution in [2.24, 2.45) is 5.41 Å². The van der Waals surface area contributed by atoms with Crippen LogP contribution in [0.4, 0.5) is 5.00 Å². The van der Waals surface area contributed by atoms with Crippen LogP contribution in [0.5, 0.6) is 0 Å². The minimum Gasteiger partial charge on any atom is -0.313 e. The first-order chi connectivity index (χ1) is 13.1. The molecule has 0 radical (unpaired) electrons. The monoisotopic (exact) mass is 414 g/mol. The molecule has 28 heavy (non-hydrogen) atoms. The van der Waals surface area contributed by atoms with Crippen LogP contribution in [0.15, 0.2) is 24.8 Å². The lowest BCUT2D eigenvalue weighted by Crippen LogP contribution is -2.21. The Hall–Kier alpha value is -1.56. The Bertz CT molecular complexity index is 925. The number of rotatable bonds is 5. The number of allylic oxidation sites excluding steroid dienone is 1. The summed E-state index contributed by atoms with van der Waals surface area (Å²) in [7, 11) is 1.89. The molecule has 2 aromatic rings. The van der Waals surface area contributed by atoms with Crippen LogP contribution in [-0.2, 0) is 19.4 Å². The first kappa shape index (κ1) is 21.2. The molecule has 0 atom stereocenters. The maximum absolute atomic E-state index is 13.2. The summed E-state index contributed by atoms with van der Waals surface area (Å²) in [6.45, 7) is 13.5. The largest absolute Gasteiger partial charge is 0.313 e. The first-order valence-corrected chi connectivity index (χ1v) is 10.9. The molecule has 1 aromatic carbocycles. The lowest BCUT2D eigenvalue weighted by atomic mass is 9.75. The molecule has 1 aliphatic rings. The zero-order valence-electron chi connectivity index (χ0n) is 17.5. The second kappa shape index (κ2) is 8.05. The normalized spacial score (nSPS) is 15.4. The summed E-state index contributed by atoms with van der Waals surface area (Å²) >= 11 is 6.07. The molecule has 0 saturated heterocycles. The molecular formula is C23H30N2OS2. The highest BCUT2D eigenvalue weighted by molar-refractivity contribution is 7.77. The van der Waals surface area contributed by atoms with Crippen molar-refractivity contribution in [1.29, 1.82) is 0 Å². The maximum Gasteiger partial charge on any atom is 0.256 e. The summed E-state index contributed by atoms with van der Waals surface area (Å²) in [6, 6.07) is 6.01. The van der Waals surface area contributed by atoms with Gasteiger partial charge in [-0.05, 0) is 68.3 Å². The summed E-state index contributed by atoms with van der Waals surface area (Å²) in [6.07, 6.45) is 3.29. The van der Waals surface area contributed by atoms with E-state index in [9.17, 15) is 4.79 Å². The summed E-state index contributed by atoms with van der Waals surface area (Å²) in [5.74, 6) is -0.0609. The van der Waals surface area contributed by atoms with E-state index < -0.39 is 0 Å². The van der Waals surface area contributed by atoms with Crippen LogP contribution in [-0.4, -0.2) is 17.3 Å². The molecule has 5 heteroatoms. The quantitative estimate of drug-likeness (QED) is 0.577. The highest BCUT2D eigenvalue weighted by Gasteiger charge is 2.31. The van der Waals surface area contributed by atoms with Crippen molar-refractivity contribution < 1.29 is 4.79 Å². The van der Waals surface area contributed by atoms with Gasteiger partial charge in [0.05, 0.1) is 0 Å². The third kappa shape index (κ3) is 4.53. The Morgan fingerprint density at radius 2 is 2.11 bits per heavy atom. The molecular weight excluding hydrogens is 384 g/mol. The fourth-order valence-corrected chi connectivity index (χ4v) is 5.36. The Morgan fingerprint density at radius 3 is 2.75 bits per heavy atom. The number of amides is 1. The number of nitrogens with zero attached hydrogens (tertiary/aromatic N) is 1. The fraction of sp³-hybridized carbons (Fsp3) is 0.435.